The second kappa shape index (κ2) is 3.16. The summed E-state index contributed by atoms with van der Waals surface area (Å²) in [5, 5.41) is 4.97. The molecule has 0 atom stereocenters. The van der Waals surface area contributed by atoms with Crippen molar-refractivity contribution in [1.29, 1.82) is 0 Å². The summed E-state index contributed by atoms with van der Waals surface area (Å²) in [6.07, 6.45) is 1.87. The molecular weight excluding hydrogens is 204 g/mol. The van der Waals surface area contributed by atoms with E-state index in [1.165, 1.54) is 0 Å². The molecule has 0 bridgehead atoms. The Labute approximate surface area is 91.5 Å². The summed E-state index contributed by atoms with van der Waals surface area (Å²) in [7, 11) is 0. The molecule has 80 valence electrons. The van der Waals surface area contributed by atoms with Crippen molar-refractivity contribution >= 4 is 11.0 Å². The molecule has 16 heavy (non-hydrogen) atoms. The van der Waals surface area contributed by atoms with Gasteiger partial charge < -0.3 is 9.51 Å². The Hall–Kier alpha value is -2.17. The van der Waals surface area contributed by atoms with Crippen LogP contribution in [0.15, 0.2) is 22.9 Å². The number of aryl methyl sites for hydroxylation is 2. The smallest absolute Gasteiger partial charge is 0.223 e. The summed E-state index contributed by atoms with van der Waals surface area (Å²) in [4.78, 5) is 11.7. The quantitative estimate of drug-likeness (QED) is 0.674. The van der Waals surface area contributed by atoms with E-state index in [4.69, 9.17) is 4.52 Å². The van der Waals surface area contributed by atoms with Gasteiger partial charge in [-0.05, 0) is 24.6 Å². The van der Waals surface area contributed by atoms with E-state index < -0.39 is 0 Å². The molecule has 3 aromatic rings. The number of nitrogens with one attached hydrogen (secondary N) is 1. The predicted octanol–water partition coefficient (Wildman–Crippen LogP) is 2.23. The molecule has 5 nitrogen and oxygen atoms in total. The van der Waals surface area contributed by atoms with Crippen molar-refractivity contribution in [1.82, 2.24) is 20.1 Å². The molecule has 0 unspecified atom stereocenters. The molecule has 0 aromatic carbocycles. The van der Waals surface area contributed by atoms with Gasteiger partial charge in [0.2, 0.25) is 11.7 Å². The summed E-state index contributed by atoms with van der Waals surface area (Å²) in [5.74, 6) is 1.07. The normalized spacial score (nSPS) is 11.1. The van der Waals surface area contributed by atoms with Crippen LogP contribution in [-0.2, 0) is 0 Å². The minimum absolute atomic E-state index is 0.525. The van der Waals surface area contributed by atoms with E-state index in [1.54, 1.807) is 6.92 Å². The number of nitrogens with zero attached hydrogens (tertiary/aromatic N) is 3. The zero-order valence-electron chi connectivity index (χ0n) is 8.98. The Kier molecular flexibility index (Phi) is 1.80. The molecule has 0 saturated carbocycles. The molecule has 3 aromatic heterocycles. The lowest BCUT2D eigenvalue weighted by atomic mass is 10.2. The van der Waals surface area contributed by atoms with Crippen LogP contribution in [0.1, 0.15) is 11.5 Å². The third kappa shape index (κ3) is 1.29. The zero-order chi connectivity index (χ0) is 11.1. The first kappa shape index (κ1) is 9.08. The van der Waals surface area contributed by atoms with Crippen LogP contribution in [-0.4, -0.2) is 20.1 Å². The highest BCUT2D eigenvalue weighted by atomic mass is 16.5. The van der Waals surface area contributed by atoms with Crippen molar-refractivity contribution in [2.45, 2.75) is 13.8 Å². The first-order valence-electron chi connectivity index (χ1n) is 4.99. The molecule has 0 amide bonds. The van der Waals surface area contributed by atoms with E-state index in [-0.39, 0.29) is 0 Å². The van der Waals surface area contributed by atoms with Gasteiger partial charge in [0.05, 0.1) is 0 Å². The molecule has 0 aliphatic carbocycles. The van der Waals surface area contributed by atoms with Gasteiger partial charge in [-0.2, -0.15) is 4.98 Å². The van der Waals surface area contributed by atoms with Gasteiger partial charge in [0.25, 0.3) is 0 Å². The summed E-state index contributed by atoms with van der Waals surface area (Å²) < 4.78 is 4.94. The van der Waals surface area contributed by atoms with Crippen molar-refractivity contribution in [3.05, 3.63) is 29.8 Å². The second-order valence-electron chi connectivity index (χ2n) is 3.70. The summed E-state index contributed by atoms with van der Waals surface area (Å²) >= 11 is 0. The summed E-state index contributed by atoms with van der Waals surface area (Å²) in [6, 6.07) is 3.96. The van der Waals surface area contributed by atoms with Gasteiger partial charge in [-0.15, -0.1) is 0 Å². The van der Waals surface area contributed by atoms with E-state index >= 15 is 0 Å². The molecule has 0 saturated heterocycles. The average Bonchev–Trinajstić information content (AvgIpc) is 2.85. The van der Waals surface area contributed by atoms with Gasteiger partial charge in [0.15, 0.2) is 0 Å². The van der Waals surface area contributed by atoms with Crippen LogP contribution in [0.3, 0.4) is 0 Å². The molecule has 1 N–H and O–H groups in total. The van der Waals surface area contributed by atoms with Gasteiger partial charge in [-0.3, -0.25) is 0 Å². The van der Waals surface area contributed by atoms with Crippen LogP contribution in [0, 0.1) is 13.8 Å². The molecule has 5 heteroatoms. The average molecular weight is 214 g/mol. The SMILES string of the molecule is Cc1nc(-c2cc(C)c3cc[nH]c3n2)no1. The van der Waals surface area contributed by atoms with Gasteiger partial charge in [0, 0.05) is 18.5 Å². The Morgan fingerprint density at radius 3 is 2.88 bits per heavy atom. The molecule has 0 radical (unpaired) electrons. The molecule has 0 aliphatic heterocycles. The van der Waals surface area contributed by atoms with Crippen LogP contribution in [0.2, 0.25) is 0 Å². The number of aromatic amines is 1. The molecular formula is C11H10N4O. The standard InChI is InChI=1S/C11H10N4O/c1-6-5-9(11-13-7(2)16-15-11)14-10-8(6)3-4-12-10/h3-5H,1-2H3,(H,12,14). The van der Waals surface area contributed by atoms with E-state index in [2.05, 4.69) is 20.1 Å². The van der Waals surface area contributed by atoms with Crippen LogP contribution < -0.4 is 0 Å². The molecule has 0 aliphatic rings. The first-order chi connectivity index (χ1) is 7.74. The Morgan fingerprint density at radius 1 is 1.25 bits per heavy atom. The Bertz CT molecular complexity index is 653. The maximum Gasteiger partial charge on any atom is 0.223 e. The minimum atomic E-state index is 0.525. The number of rotatable bonds is 1. The van der Waals surface area contributed by atoms with Crippen molar-refractivity contribution in [2.75, 3.05) is 0 Å². The van der Waals surface area contributed by atoms with Gasteiger partial charge >= 0.3 is 0 Å². The van der Waals surface area contributed by atoms with E-state index in [1.807, 2.05) is 25.3 Å². The number of H-pyrrole nitrogens is 1. The van der Waals surface area contributed by atoms with Crippen molar-refractivity contribution in [3.8, 4) is 11.5 Å². The fraction of sp³-hybridized carbons (Fsp3) is 0.182. The van der Waals surface area contributed by atoms with Crippen molar-refractivity contribution in [2.24, 2.45) is 0 Å². The highest BCUT2D eigenvalue weighted by molar-refractivity contribution is 5.81. The van der Waals surface area contributed by atoms with Crippen LogP contribution >= 0.6 is 0 Å². The maximum atomic E-state index is 4.94. The van der Waals surface area contributed by atoms with Crippen LogP contribution in [0.4, 0.5) is 0 Å². The lowest BCUT2D eigenvalue weighted by Gasteiger charge is -1.98. The highest BCUT2D eigenvalue weighted by Crippen LogP contribution is 2.21. The third-order valence-electron chi connectivity index (χ3n) is 2.49. The summed E-state index contributed by atoms with van der Waals surface area (Å²) in [5.41, 5.74) is 2.71. The fourth-order valence-electron chi connectivity index (χ4n) is 1.72. The lowest BCUT2D eigenvalue weighted by molar-refractivity contribution is 0.394. The summed E-state index contributed by atoms with van der Waals surface area (Å²) in [6.45, 7) is 3.80. The molecule has 0 fully saturated rings. The van der Waals surface area contributed by atoms with Gasteiger partial charge in [-0.1, -0.05) is 5.16 Å². The Morgan fingerprint density at radius 2 is 2.12 bits per heavy atom. The maximum absolute atomic E-state index is 4.94. The number of pyridine rings is 1. The zero-order valence-corrected chi connectivity index (χ0v) is 8.98. The second-order valence-corrected chi connectivity index (χ2v) is 3.70. The molecule has 0 spiro atoms. The third-order valence-corrected chi connectivity index (χ3v) is 2.49. The number of fused-ring (bicyclic) bond motifs is 1. The molecule has 3 rings (SSSR count). The molecule has 3 heterocycles. The van der Waals surface area contributed by atoms with E-state index in [0.717, 1.165) is 22.3 Å². The fourth-order valence-corrected chi connectivity index (χ4v) is 1.72. The minimum Gasteiger partial charge on any atom is -0.346 e. The number of hydrogen-bond acceptors (Lipinski definition) is 4. The first-order valence-corrected chi connectivity index (χ1v) is 4.99. The monoisotopic (exact) mass is 214 g/mol. The van der Waals surface area contributed by atoms with Crippen LogP contribution in [0.5, 0.6) is 0 Å². The van der Waals surface area contributed by atoms with Crippen molar-refractivity contribution < 1.29 is 4.52 Å². The topological polar surface area (TPSA) is 67.6 Å². The highest BCUT2D eigenvalue weighted by Gasteiger charge is 2.10. The van der Waals surface area contributed by atoms with Crippen molar-refractivity contribution in [3.63, 3.8) is 0 Å². The number of aromatic nitrogens is 4. The predicted molar refractivity (Wildman–Crippen MR) is 58.9 cm³/mol. The lowest BCUT2D eigenvalue weighted by Crippen LogP contribution is -1.89. The van der Waals surface area contributed by atoms with Gasteiger partial charge in [0.1, 0.15) is 11.3 Å². The largest absolute Gasteiger partial charge is 0.346 e. The number of hydrogen-bond donors (Lipinski definition) is 1. The van der Waals surface area contributed by atoms with Crippen LogP contribution in [0.25, 0.3) is 22.6 Å². The van der Waals surface area contributed by atoms with E-state index in [9.17, 15) is 0 Å². The Balaban J connectivity index is 2.24. The van der Waals surface area contributed by atoms with Gasteiger partial charge in [-0.25, -0.2) is 4.98 Å². The van der Waals surface area contributed by atoms with E-state index in [0.29, 0.717) is 11.7 Å².